The number of amides is 1. The molecule has 8 nitrogen and oxygen atoms in total. The molecule has 1 aromatic rings. The van der Waals surface area contributed by atoms with Gasteiger partial charge in [-0.2, -0.15) is 0 Å². The Morgan fingerprint density at radius 1 is 1.30 bits per heavy atom. The second kappa shape index (κ2) is 8.66. The van der Waals surface area contributed by atoms with E-state index in [0.29, 0.717) is 11.3 Å². The minimum absolute atomic E-state index is 0.0449. The molecule has 2 unspecified atom stereocenters. The first-order chi connectivity index (χ1) is 13.8. The summed E-state index contributed by atoms with van der Waals surface area (Å²) in [5, 5.41) is 9.67. The van der Waals surface area contributed by atoms with Crippen LogP contribution in [0.1, 0.15) is 39.7 Å². The molecule has 2 atom stereocenters. The van der Waals surface area contributed by atoms with Gasteiger partial charge in [-0.05, 0) is 52.0 Å². The molecule has 0 radical (unpaired) electrons. The van der Waals surface area contributed by atoms with Gasteiger partial charge in [0, 0.05) is 23.9 Å². The van der Waals surface area contributed by atoms with Crippen molar-refractivity contribution in [1.29, 1.82) is 0 Å². The summed E-state index contributed by atoms with van der Waals surface area (Å²) in [7, 11) is -3.82. The van der Waals surface area contributed by atoms with Gasteiger partial charge in [0.05, 0.1) is 13.2 Å². The number of anilines is 1. The van der Waals surface area contributed by atoms with Crippen LogP contribution in [0.3, 0.4) is 0 Å². The summed E-state index contributed by atoms with van der Waals surface area (Å²) in [6.45, 7) is 6.17. The van der Waals surface area contributed by atoms with Gasteiger partial charge in [0.2, 0.25) is 0 Å². The quantitative estimate of drug-likeness (QED) is 0.534. The number of aliphatic hydroxyl groups is 1. The third-order valence-corrected chi connectivity index (χ3v) is 6.68. The van der Waals surface area contributed by atoms with E-state index >= 15 is 0 Å². The standard InChI is InChI=1S/C21H27NO7S/c1-6-28-18(23)21(4,30(5,26)27)13-17-14-22(19(24)29-17)16-9-7-15(8-10-16)11-12-20(2,3)25/h7-10,17,25H,6,13-14H2,1-5H3. The van der Waals surface area contributed by atoms with Gasteiger partial charge in [-0.3, -0.25) is 9.69 Å². The van der Waals surface area contributed by atoms with E-state index < -0.39 is 38.4 Å². The lowest BCUT2D eigenvalue weighted by Gasteiger charge is -2.27. The summed E-state index contributed by atoms with van der Waals surface area (Å²) < 4.78 is 33.0. The van der Waals surface area contributed by atoms with Gasteiger partial charge in [-0.1, -0.05) is 11.8 Å². The van der Waals surface area contributed by atoms with Crippen LogP contribution in [-0.2, 0) is 24.1 Å². The highest BCUT2D eigenvalue weighted by Crippen LogP contribution is 2.30. The Bertz CT molecular complexity index is 967. The molecule has 0 bridgehead atoms. The summed E-state index contributed by atoms with van der Waals surface area (Å²) in [5.74, 6) is 4.68. The molecule has 1 fully saturated rings. The van der Waals surface area contributed by atoms with Crippen LogP contribution in [0.4, 0.5) is 10.5 Å². The third kappa shape index (κ3) is 5.52. The van der Waals surface area contributed by atoms with E-state index in [9.17, 15) is 23.1 Å². The van der Waals surface area contributed by atoms with Crippen molar-refractivity contribution < 1.29 is 32.6 Å². The molecule has 1 aliphatic rings. The molecule has 0 aromatic heterocycles. The average molecular weight is 438 g/mol. The van der Waals surface area contributed by atoms with Crippen LogP contribution in [0.25, 0.3) is 0 Å². The molecule has 1 saturated heterocycles. The third-order valence-electron chi connectivity index (χ3n) is 4.71. The van der Waals surface area contributed by atoms with Crippen molar-refractivity contribution in [2.45, 2.75) is 50.6 Å². The second-order valence-corrected chi connectivity index (χ2v) is 10.3. The maximum Gasteiger partial charge on any atom is 0.414 e. The van der Waals surface area contributed by atoms with E-state index in [1.807, 2.05) is 0 Å². The minimum atomic E-state index is -3.82. The van der Waals surface area contributed by atoms with Crippen molar-refractivity contribution in [1.82, 2.24) is 0 Å². The SMILES string of the molecule is CCOC(=O)C(C)(CC1CN(c2ccc(C#CC(C)(C)O)cc2)C(=O)O1)S(C)(=O)=O. The normalized spacial score (nSPS) is 18.8. The molecule has 30 heavy (non-hydrogen) atoms. The lowest BCUT2D eigenvalue weighted by atomic mass is 10.0. The van der Waals surface area contributed by atoms with E-state index in [4.69, 9.17) is 9.47 Å². The van der Waals surface area contributed by atoms with Gasteiger partial charge in [0.15, 0.2) is 14.6 Å². The smallest absolute Gasteiger partial charge is 0.414 e. The van der Waals surface area contributed by atoms with Gasteiger partial charge < -0.3 is 14.6 Å². The number of hydrogen-bond donors (Lipinski definition) is 1. The predicted molar refractivity (Wildman–Crippen MR) is 112 cm³/mol. The molecular weight excluding hydrogens is 410 g/mol. The number of benzene rings is 1. The van der Waals surface area contributed by atoms with Gasteiger partial charge >= 0.3 is 12.1 Å². The van der Waals surface area contributed by atoms with E-state index in [2.05, 4.69) is 11.8 Å². The van der Waals surface area contributed by atoms with E-state index in [-0.39, 0.29) is 19.6 Å². The van der Waals surface area contributed by atoms with Crippen LogP contribution in [-0.4, -0.2) is 61.4 Å². The molecule has 1 amide bonds. The number of carbonyl (C=O) groups excluding carboxylic acids is 2. The molecule has 2 rings (SSSR count). The van der Waals surface area contributed by atoms with Crippen LogP contribution >= 0.6 is 0 Å². The van der Waals surface area contributed by atoms with Crippen molar-refractivity contribution in [3.8, 4) is 11.8 Å². The van der Waals surface area contributed by atoms with Crippen molar-refractivity contribution in [3.63, 3.8) is 0 Å². The Labute approximate surface area is 177 Å². The number of ether oxygens (including phenoxy) is 2. The fourth-order valence-corrected chi connectivity index (χ4v) is 3.74. The van der Waals surface area contributed by atoms with Crippen molar-refractivity contribution in [2.75, 3.05) is 24.3 Å². The number of rotatable bonds is 6. The zero-order valence-corrected chi connectivity index (χ0v) is 18.6. The highest BCUT2D eigenvalue weighted by atomic mass is 32.2. The van der Waals surface area contributed by atoms with Crippen LogP contribution in [0.15, 0.2) is 24.3 Å². The largest absolute Gasteiger partial charge is 0.465 e. The molecule has 9 heteroatoms. The maximum absolute atomic E-state index is 12.3. The number of sulfone groups is 1. The number of esters is 1. The average Bonchev–Trinajstić information content (AvgIpc) is 2.99. The molecule has 164 valence electrons. The van der Waals surface area contributed by atoms with Crippen LogP contribution < -0.4 is 4.90 Å². The first kappa shape index (κ1) is 23.7. The second-order valence-electron chi connectivity index (χ2n) is 7.90. The Hall–Kier alpha value is -2.57. The molecule has 0 spiro atoms. The molecule has 0 saturated carbocycles. The predicted octanol–water partition coefficient (Wildman–Crippen LogP) is 1.89. The molecule has 1 aromatic carbocycles. The number of cyclic esters (lactones) is 1. The monoisotopic (exact) mass is 437 g/mol. The Morgan fingerprint density at radius 2 is 1.90 bits per heavy atom. The number of nitrogens with zero attached hydrogens (tertiary/aromatic N) is 1. The van der Waals surface area contributed by atoms with Crippen LogP contribution in [0, 0.1) is 11.8 Å². The highest BCUT2D eigenvalue weighted by molar-refractivity contribution is 7.92. The first-order valence-corrected chi connectivity index (χ1v) is 11.4. The Balaban J connectivity index is 2.18. The van der Waals surface area contributed by atoms with E-state index in [0.717, 1.165) is 6.26 Å². The fourth-order valence-electron chi connectivity index (χ4n) is 2.89. The highest BCUT2D eigenvalue weighted by Gasteiger charge is 2.49. The lowest BCUT2D eigenvalue weighted by molar-refractivity contribution is -0.146. The topological polar surface area (TPSA) is 110 Å². The minimum Gasteiger partial charge on any atom is -0.465 e. The first-order valence-electron chi connectivity index (χ1n) is 9.47. The van der Waals surface area contributed by atoms with Gasteiger partial charge in [0.25, 0.3) is 0 Å². The number of hydrogen-bond acceptors (Lipinski definition) is 7. The van der Waals surface area contributed by atoms with Crippen molar-refractivity contribution in [2.24, 2.45) is 0 Å². The lowest BCUT2D eigenvalue weighted by Crippen LogP contribution is -2.47. The van der Waals surface area contributed by atoms with Gasteiger partial charge in [0.1, 0.15) is 11.7 Å². The summed E-state index contributed by atoms with van der Waals surface area (Å²) in [4.78, 5) is 26.0. The summed E-state index contributed by atoms with van der Waals surface area (Å²) in [6, 6.07) is 6.76. The molecule has 0 aliphatic carbocycles. The fraction of sp³-hybridized carbons (Fsp3) is 0.524. The zero-order valence-electron chi connectivity index (χ0n) is 17.8. The summed E-state index contributed by atoms with van der Waals surface area (Å²) >= 11 is 0. The molecule has 1 aliphatic heterocycles. The van der Waals surface area contributed by atoms with Crippen LogP contribution in [0.2, 0.25) is 0 Å². The number of carbonyl (C=O) groups is 2. The zero-order chi connectivity index (χ0) is 22.7. The van der Waals surface area contributed by atoms with Gasteiger partial charge in [-0.15, -0.1) is 0 Å². The maximum atomic E-state index is 12.3. The van der Waals surface area contributed by atoms with Crippen LogP contribution in [0.5, 0.6) is 0 Å². The Morgan fingerprint density at radius 3 is 2.40 bits per heavy atom. The summed E-state index contributed by atoms with van der Waals surface area (Å²) in [5.41, 5.74) is 0.0981. The van der Waals surface area contributed by atoms with E-state index in [1.165, 1.54) is 11.8 Å². The van der Waals surface area contributed by atoms with Gasteiger partial charge in [-0.25, -0.2) is 13.2 Å². The molecular formula is C21H27NO7S. The van der Waals surface area contributed by atoms with E-state index in [1.54, 1.807) is 45.0 Å². The Kier molecular flexibility index (Phi) is 6.84. The van der Waals surface area contributed by atoms with Crippen molar-refractivity contribution in [3.05, 3.63) is 29.8 Å². The molecule has 1 heterocycles. The molecule has 1 N–H and O–H groups in total. The van der Waals surface area contributed by atoms with Crippen molar-refractivity contribution >= 4 is 27.6 Å². The summed E-state index contributed by atoms with van der Waals surface area (Å²) in [6.07, 6.45) is -0.667.